The number of ether oxygens (including phenoxy) is 2. The van der Waals surface area contributed by atoms with Crippen molar-refractivity contribution in [1.29, 1.82) is 0 Å². The van der Waals surface area contributed by atoms with Crippen molar-refractivity contribution in [1.82, 2.24) is 15.3 Å². The molecule has 1 unspecified atom stereocenters. The van der Waals surface area contributed by atoms with E-state index in [1.807, 2.05) is 44.2 Å². The quantitative estimate of drug-likeness (QED) is 0.628. The van der Waals surface area contributed by atoms with Crippen LogP contribution in [0.5, 0.6) is 5.75 Å². The van der Waals surface area contributed by atoms with E-state index >= 15 is 0 Å². The molecule has 0 radical (unpaired) electrons. The van der Waals surface area contributed by atoms with Gasteiger partial charge in [-0.05, 0) is 26.0 Å². The minimum Gasteiger partial charge on any atom is -0.487 e. The van der Waals surface area contributed by atoms with E-state index in [-0.39, 0.29) is 17.6 Å². The molecule has 7 heteroatoms. The summed E-state index contributed by atoms with van der Waals surface area (Å²) in [6.07, 6.45) is 2.46. The maximum Gasteiger partial charge on any atom is 0.230 e. The predicted molar refractivity (Wildman–Crippen MR) is 108 cm³/mol. The Bertz CT molecular complexity index is 847. The number of benzene rings is 1. The standard InChI is InChI=1S/C21H25N3O3S/c1-14-11-15(2)23-20(22-14)28-13-19(25)24-17-12-21(7-9-26-10-8-21)27-18-6-4-3-5-16(17)18/h3-6,11,17H,7-10,12-13H2,1-2H3,(H,24,25). The van der Waals surface area contributed by atoms with E-state index in [1.54, 1.807) is 0 Å². The summed E-state index contributed by atoms with van der Waals surface area (Å²) in [6.45, 7) is 5.27. The van der Waals surface area contributed by atoms with Gasteiger partial charge < -0.3 is 14.8 Å². The molecule has 1 aromatic heterocycles. The van der Waals surface area contributed by atoms with Gasteiger partial charge in [0.15, 0.2) is 5.16 Å². The van der Waals surface area contributed by atoms with E-state index in [0.29, 0.717) is 24.1 Å². The maximum absolute atomic E-state index is 12.7. The average Bonchev–Trinajstić information content (AvgIpc) is 2.66. The summed E-state index contributed by atoms with van der Waals surface area (Å²) in [6, 6.07) is 9.85. The lowest BCUT2D eigenvalue weighted by atomic mass is 9.82. The number of thioether (sulfide) groups is 1. The van der Waals surface area contributed by atoms with E-state index in [4.69, 9.17) is 9.47 Å². The molecule has 1 N–H and O–H groups in total. The highest BCUT2D eigenvalue weighted by Gasteiger charge is 2.42. The highest BCUT2D eigenvalue weighted by atomic mass is 32.2. The van der Waals surface area contributed by atoms with Crippen LogP contribution in [0.4, 0.5) is 0 Å². The fraction of sp³-hybridized carbons (Fsp3) is 0.476. The van der Waals surface area contributed by atoms with Crippen LogP contribution in [0.3, 0.4) is 0 Å². The first-order valence-corrected chi connectivity index (χ1v) is 10.6. The summed E-state index contributed by atoms with van der Waals surface area (Å²) < 4.78 is 11.9. The molecule has 0 bridgehead atoms. The molecule has 3 heterocycles. The molecule has 6 nitrogen and oxygen atoms in total. The van der Waals surface area contributed by atoms with Gasteiger partial charge in [0.25, 0.3) is 0 Å². The Morgan fingerprint density at radius 2 is 1.93 bits per heavy atom. The van der Waals surface area contributed by atoms with Gasteiger partial charge in [-0.3, -0.25) is 4.79 Å². The number of fused-ring (bicyclic) bond motifs is 1. The number of nitrogens with one attached hydrogen (secondary N) is 1. The first-order valence-electron chi connectivity index (χ1n) is 9.63. The van der Waals surface area contributed by atoms with Crippen LogP contribution in [0.1, 0.15) is 42.3 Å². The van der Waals surface area contributed by atoms with Crippen LogP contribution < -0.4 is 10.1 Å². The van der Waals surface area contributed by atoms with Crippen LogP contribution in [0.2, 0.25) is 0 Å². The molecule has 28 heavy (non-hydrogen) atoms. The summed E-state index contributed by atoms with van der Waals surface area (Å²) in [5.41, 5.74) is 2.61. The number of hydrogen-bond donors (Lipinski definition) is 1. The number of para-hydroxylation sites is 1. The SMILES string of the molecule is Cc1cc(C)nc(SCC(=O)NC2CC3(CCOCC3)Oc3ccccc32)n1. The molecule has 1 spiro atoms. The van der Waals surface area contributed by atoms with Gasteiger partial charge in [0, 0.05) is 36.2 Å². The number of carbonyl (C=O) groups excluding carboxylic acids is 1. The van der Waals surface area contributed by atoms with Gasteiger partial charge in [0.05, 0.1) is 25.0 Å². The fourth-order valence-corrected chi connectivity index (χ4v) is 4.68. The Kier molecular flexibility index (Phi) is 5.55. The number of nitrogens with zero attached hydrogens (tertiary/aromatic N) is 2. The Balaban J connectivity index is 1.45. The van der Waals surface area contributed by atoms with E-state index in [9.17, 15) is 4.79 Å². The minimum absolute atomic E-state index is 0.0170. The van der Waals surface area contributed by atoms with Gasteiger partial charge in [0.2, 0.25) is 5.91 Å². The number of hydrogen-bond acceptors (Lipinski definition) is 6. The second-order valence-electron chi connectivity index (χ2n) is 7.48. The fourth-order valence-electron chi connectivity index (χ4n) is 3.92. The number of aryl methyl sites for hydroxylation is 2. The van der Waals surface area contributed by atoms with E-state index in [2.05, 4.69) is 15.3 Å². The molecule has 148 valence electrons. The molecule has 0 aliphatic carbocycles. The summed E-state index contributed by atoms with van der Waals surface area (Å²) in [7, 11) is 0. The molecule has 1 atom stereocenters. The number of aromatic nitrogens is 2. The van der Waals surface area contributed by atoms with Gasteiger partial charge in [-0.25, -0.2) is 9.97 Å². The monoisotopic (exact) mass is 399 g/mol. The molecule has 0 saturated carbocycles. The third-order valence-electron chi connectivity index (χ3n) is 5.23. The summed E-state index contributed by atoms with van der Waals surface area (Å²) in [4.78, 5) is 21.5. The number of carbonyl (C=O) groups is 1. The van der Waals surface area contributed by atoms with E-state index in [1.165, 1.54) is 11.8 Å². The first-order chi connectivity index (χ1) is 13.5. The van der Waals surface area contributed by atoms with Crippen molar-refractivity contribution in [3.8, 4) is 5.75 Å². The summed E-state index contributed by atoms with van der Waals surface area (Å²) in [5, 5.41) is 3.85. The molecule has 4 rings (SSSR count). The minimum atomic E-state index is -0.255. The van der Waals surface area contributed by atoms with Gasteiger partial charge in [-0.1, -0.05) is 30.0 Å². The molecule has 1 saturated heterocycles. The van der Waals surface area contributed by atoms with Gasteiger partial charge in [-0.2, -0.15) is 0 Å². The third-order valence-corrected chi connectivity index (χ3v) is 6.08. The normalized spacial score (nSPS) is 20.3. The summed E-state index contributed by atoms with van der Waals surface area (Å²) in [5.74, 6) is 1.14. The summed E-state index contributed by atoms with van der Waals surface area (Å²) >= 11 is 1.37. The second kappa shape index (κ2) is 8.09. The zero-order chi connectivity index (χ0) is 19.6. The first kappa shape index (κ1) is 19.2. The third kappa shape index (κ3) is 4.31. The Hall–Kier alpha value is -2.12. The number of amides is 1. The van der Waals surface area contributed by atoms with Crippen LogP contribution in [0.15, 0.2) is 35.5 Å². The van der Waals surface area contributed by atoms with Crippen LogP contribution >= 0.6 is 11.8 Å². The van der Waals surface area contributed by atoms with Crippen LogP contribution in [0, 0.1) is 13.8 Å². The molecule has 2 aromatic rings. The Morgan fingerprint density at radius 3 is 2.68 bits per heavy atom. The smallest absolute Gasteiger partial charge is 0.230 e. The van der Waals surface area contributed by atoms with E-state index in [0.717, 1.165) is 42.0 Å². The zero-order valence-corrected chi connectivity index (χ0v) is 17.1. The van der Waals surface area contributed by atoms with Crippen molar-refractivity contribution in [3.05, 3.63) is 47.3 Å². The number of rotatable bonds is 4. The topological polar surface area (TPSA) is 73.3 Å². The Labute approximate surface area is 169 Å². The lowest BCUT2D eigenvalue weighted by Crippen LogP contribution is -2.48. The van der Waals surface area contributed by atoms with Crippen LogP contribution in [-0.4, -0.2) is 40.4 Å². The van der Waals surface area contributed by atoms with Crippen LogP contribution in [0.25, 0.3) is 0 Å². The van der Waals surface area contributed by atoms with Crippen LogP contribution in [-0.2, 0) is 9.53 Å². The largest absolute Gasteiger partial charge is 0.487 e. The van der Waals surface area contributed by atoms with Crippen molar-refractivity contribution in [2.24, 2.45) is 0 Å². The second-order valence-corrected chi connectivity index (χ2v) is 8.42. The molecule has 2 aliphatic rings. The van der Waals surface area contributed by atoms with Crippen molar-refractivity contribution in [3.63, 3.8) is 0 Å². The maximum atomic E-state index is 12.7. The lowest BCUT2D eigenvalue weighted by Gasteiger charge is -2.44. The zero-order valence-electron chi connectivity index (χ0n) is 16.2. The predicted octanol–water partition coefficient (Wildman–Crippen LogP) is 3.37. The van der Waals surface area contributed by atoms with E-state index < -0.39 is 0 Å². The average molecular weight is 400 g/mol. The molecule has 1 amide bonds. The Morgan fingerprint density at radius 1 is 1.21 bits per heavy atom. The molecule has 2 aliphatic heterocycles. The van der Waals surface area contributed by atoms with Gasteiger partial charge in [0.1, 0.15) is 11.4 Å². The molecule has 1 fully saturated rings. The van der Waals surface area contributed by atoms with Crippen molar-refractivity contribution < 1.29 is 14.3 Å². The molecule has 1 aromatic carbocycles. The van der Waals surface area contributed by atoms with Crippen molar-refractivity contribution in [2.45, 2.75) is 49.9 Å². The lowest BCUT2D eigenvalue weighted by molar-refractivity contribution is -0.120. The van der Waals surface area contributed by atoms with Crippen molar-refractivity contribution in [2.75, 3.05) is 19.0 Å². The highest BCUT2D eigenvalue weighted by molar-refractivity contribution is 7.99. The van der Waals surface area contributed by atoms with Crippen molar-refractivity contribution >= 4 is 17.7 Å². The molecular weight excluding hydrogens is 374 g/mol. The van der Waals surface area contributed by atoms with Gasteiger partial charge >= 0.3 is 0 Å². The molecular formula is C21H25N3O3S. The van der Waals surface area contributed by atoms with Gasteiger partial charge in [-0.15, -0.1) is 0 Å². The highest BCUT2D eigenvalue weighted by Crippen LogP contribution is 2.43.